The molecule has 0 radical (unpaired) electrons. The Morgan fingerprint density at radius 3 is 2.56 bits per heavy atom. The summed E-state index contributed by atoms with van der Waals surface area (Å²) < 4.78 is 2.00. The summed E-state index contributed by atoms with van der Waals surface area (Å²) in [6.45, 7) is 12.4. The quantitative estimate of drug-likeness (QED) is 0.731. The van der Waals surface area contributed by atoms with Gasteiger partial charge in [-0.05, 0) is 37.0 Å². The fourth-order valence-electron chi connectivity index (χ4n) is 2.03. The van der Waals surface area contributed by atoms with E-state index in [2.05, 4.69) is 51.1 Å². The summed E-state index contributed by atoms with van der Waals surface area (Å²) in [5.74, 6) is 0.784. The van der Waals surface area contributed by atoms with Crippen LogP contribution < -0.4 is 0 Å². The van der Waals surface area contributed by atoms with E-state index in [4.69, 9.17) is 0 Å². The van der Waals surface area contributed by atoms with Gasteiger partial charge >= 0.3 is 0 Å². The predicted molar refractivity (Wildman–Crippen MR) is 76.5 cm³/mol. The second-order valence-corrected chi connectivity index (χ2v) is 6.92. The zero-order valence-electron chi connectivity index (χ0n) is 12.7. The van der Waals surface area contributed by atoms with Crippen molar-refractivity contribution in [2.24, 2.45) is 11.3 Å². The smallest absolute Gasteiger partial charge is 0.0827 e. The lowest BCUT2D eigenvalue weighted by Crippen LogP contribution is -2.07. The molecular formula is C15H29N3. The number of hydrogen-bond acceptors (Lipinski definition) is 2. The molecule has 18 heavy (non-hydrogen) atoms. The summed E-state index contributed by atoms with van der Waals surface area (Å²) in [5.41, 5.74) is 1.56. The van der Waals surface area contributed by atoms with Gasteiger partial charge in [0.2, 0.25) is 0 Å². The molecule has 0 bridgehead atoms. The summed E-state index contributed by atoms with van der Waals surface area (Å²) in [7, 11) is 0. The molecule has 0 fully saturated rings. The van der Waals surface area contributed by atoms with Crippen LogP contribution in [0.1, 0.15) is 66.0 Å². The van der Waals surface area contributed by atoms with Crippen LogP contribution in [-0.4, -0.2) is 15.0 Å². The first-order valence-corrected chi connectivity index (χ1v) is 7.26. The molecule has 0 amide bonds. The van der Waals surface area contributed by atoms with Crippen molar-refractivity contribution in [1.82, 2.24) is 15.0 Å². The number of hydrogen-bond donors (Lipinski definition) is 0. The molecule has 0 atom stereocenters. The van der Waals surface area contributed by atoms with Gasteiger partial charge in [0, 0.05) is 12.7 Å². The zero-order valence-corrected chi connectivity index (χ0v) is 12.7. The van der Waals surface area contributed by atoms with E-state index in [0.717, 1.165) is 24.6 Å². The summed E-state index contributed by atoms with van der Waals surface area (Å²) in [6, 6.07) is 0. The van der Waals surface area contributed by atoms with E-state index < -0.39 is 0 Å². The van der Waals surface area contributed by atoms with E-state index in [1.54, 1.807) is 0 Å². The van der Waals surface area contributed by atoms with Gasteiger partial charge in [-0.2, -0.15) is 0 Å². The van der Waals surface area contributed by atoms with E-state index in [0.29, 0.717) is 5.41 Å². The summed E-state index contributed by atoms with van der Waals surface area (Å²) in [4.78, 5) is 0. The Balaban J connectivity index is 2.26. The first-order chi connectivity index (χ1) is 8.37. The van der Waals surface area contributed by atoms with Gasteiger partial charge in [-0.1, -0.05) is 46.3 Å². The van der Waals surface area contributed by atoms with E-state index in [1.165, 1.54) is 25.7 Å². The van der Waals surface area contributed by atoms with Gasteiger partial charge in [-0.15, -0.1) is 5.10 Å². The highest BCUT2D eigenvalue weighted by Crippen LogP contribution is 2.20. The maximum Gasteiger partial charge on any atom is 0.0827 e. The van der Waals surface area contributed by atoms with Crippen LogP contribution in [0.15, 0.2) is 6.20 Å². The summed E-state index contributed by atoms with van der Waals surface area (Å²) >= 11 is 0. The Morgan fingerprint density at radius 2 is 1.94 bits per heavy atom. The molecule has 0 unspecified atom stereocenters. The number of nitrogens with zero attached hydrogens (tertiary/aromatic N) is 3. The van der Waals surface area contributed by atoms with E-state index in [1.807, 2.05) is 4.68 Å². The lowest BCUT2D eigenvalue weighted by atomic mass is 9.91. The standard InChI is InChI=1S/C15H29N3/c1-13(2)8-6-9-14-12-18(17-16-14)11-7-10-15(3,4)5/h12-13H,6-11H2,1-5H3. The van der Waals surface area contributed by atoms with Crippen molar-refractivity contribution < 1.29 is 0 Å². The topological polar surface area (TPSA) is 30.7 Å². The normalized spacial score (nSPS) is 12.3. The van der Waals surface area contributed by atoms with Crippen molar-refractivity contribution in [1.29, 1.82) is 0 Å². The molecule has 0 aliphatic carbocycles. The van der Waals surface area contributed by atoms with Gasteiger partial charge in [0.25, 0.3) is 0 Å². The zero-order chi connectivity index (χ0) is 13.6. The maximum absolute atomic E-state index is 4.24. The Bertz CT molecular complexity index is 334. The number of rotatable bonds is 7. The van der Waals surface area contributed by atoms with Crippen LogP contribution in [0.2, 0.25) is 0 Å². The minimum Gasteiger partial charge on any atom is -0.252 e. The molecule has 0 aliphatic heterocycles. The first kappa shape index (κ1) is 15.2. The molecule has 1 rings (SSSR count). The minimum atomic E-state index is 0.417. The van der Waals surface area contributed by atoms with Crippen LogP contribution in [0.4, 0.5) is 0 Å². The van der Waals surface area contributed by atoms with Crippen molar-refractivity contribution >= 4 is 0 Å². The highest BCUT2D eigenvalue weighted by Gasteiger charge is 2.09. The van der Waals surface area contributed by atoms with Gasteiger partial charge in [-0.25, -0.2) is 0 Å². The molecule has 0 N–H and O–H groups in total. The SMILES string of the molecule is CC(C)CCCc1cn(CCCC(C)(C)C)nn1. The van der Waals surface area contributed by atoms with Crippen molar-refractivity contribution in [3.8, 4) is 0 Å². The summed E-state index contributed by atoms with van der Waals surface area (Å²) in [5, 5.41) is 8.44. The van der Waals surface area contributed by atoms with Crippen LogP contribution in [0.3, 0.4) is 0 Å². The Labute approximate surface area is 112 Å². The van der Waals surface area contributed by atoms with Crippen molar-refractivity contribution in [2.45, 2.75) is 73.3 Å². The van der Waals surface area contributed by atoms with Gasteiger partial charge in [0.05, 0.1) is 5.69 Å². The van der Waals surface area contributed by atoms with Crippen LogP contribution in [-0.2, 0) is 13.0 Å². The third-order valence-electron chi connectivity index (χ3n) is 3.11. The first-order valence-electron chi connectivity index (χ1n) is 7.26. The van der Waals surface area contributed by atoms with Crippen molar-refractivity contribution in [3.63, 3.8) is 0 Å². The van der Waals surface area contributed by atoms with E-state index in [-0.39, 0.29) is 0 Å². The Hall–Kier alpha value is -0.860. The Kier molecular flexibility index (Phi) is 5.83. The molecule has 1 aromatic rings. The van der Waals surface area contributed by atoms with Gasteiger partial charge in [-0.3, -0.25) is 4.68 Å². The molecule has 104 valence electrons. The summed E-state index contributed by atoms with van der Waals surface area (Å²) in [6.07, 6.45) is 8.09. The lowest BCUT2D eigenvalue weighted by molar-refractivity contribution is 0.347. The van der Waals surface area contributed by atoms with Crippen LogP contribution in [0.25, 0.3) is 0 Å². The molecule has 0 saturated carbocycles. The number of aryl methyl sites for hydroxylation is 2. The molecular weight excluding hydrogens is 222 g/mol. The molecule has 1 aromatic heterocycles. The van der Waals surface area contributed by atoms with Crippen molar-refractivity contribution in [2.75, 3.05) is 0 Å². The predicted octanol–water partition coefficient (Wildman–Crippen LogP) is 4.08. The van der Waals surface area contributed by atoms with E-state index in [9.17, 15) is 0 Å². The molecule has 0 saturated heterocycles. The average molecular weight is 251 g/mol. The van der Waals surface area contributed by atoms with Gasteiger partial charge in [0.1, 0.15) is 0 Å². The molecule has 3 nitrogen and oxygen atoms in total. The Morgan fingerprint density at radius 1 is 1.22 bits per heavy atom. The maximum atomic E-state index is 4.24. The fraction of sp³-hybridized carbons (Fsp3) is 0.867. The van der Waals surface area contributed by atoms with E-state index >= 15 is 0 Å². The van der Waals surface area contributed by atoms with Gasteiger partial charge < -0.3 is 0 Å². The highest BCUT2D eigenvalue weighted by atomic mass is 15.4. The second kappa shape index (κ2) is 6.91. The molecule has 3 heteroatoms. The third-order valence-corrected chi connectivity index (χ3v) is 3.11. The molecule has 0 aliphatic rings. The largest absolute Gasteiger partial charge is 0.252 e. The van der Waals surface area contributed by atoms with Crippen LogP contribution in [0, 0.1) is 11.3 Å². The number of aromatic nitrogens is 3. The molecule has 0 aromatic carbocycles. The van der Waals surface area contributed by atoms with Crippen LogP contribution >= 0.6 is 0 Å². The molecule has 0 spiro atoms. The second-order valence-electron chi connectivity index (χ2n) is 6.92. The van der Waals surface area contributed by atoms with Crippen molar-refractivity contribution in [3.05, 3.63) is 11.9 Å². The fourth-order valence-corrected chi connectivity index (χ4v) is 2.03. The monoisotopic (exact) mass is 251 g/mol. The highest BCUT2D eigenvalue weighted by molar-refractivity contribution is 4.92. The average Bonchev–Trinajstić information content (AvgIpc) is 2.63. The van der Waals surface area contributed by atoms with Crippen LogP contribution in [0.5, 0.6) is 0 Å². The lowest BCUT2D eigenvalue weighted by Gasteiger charge is -2.17. The minimum absolute atomic E-state index is 0.417. The third kappa shape index (κ3) is 6.77. The molecule has 1 heterocycles. The van der Waals surface area contributed by atoms with Gasteiger partial charge in [0.15, 0.2) is 0 Å².